The number of hydrogen-bond donors (Lipinski definition) is 0. The molecular weight excluding hydrogens is 669 g/mol. The normalized spacial score (nSPS) is 19.2. The second kappa shape index (κ2) is 13.8. The summed E-state index contributed by atoms with van der Waals surface area (Å²) >= 11 is 0. The lowest BCUT2D eigenvalue weighted by Gasteiger charge is -2.13. The van der Waals surface area contributed by atoms with Gasteiger partial charge in [0, 0.05) is 33.2 Å². The molecule has 4 nitrogen and oxygen atoms in total. The Balaban J connectivity index is 1.34. The average molecular weight is 734 g/mol. The molecule has 0 aliphatic carbocycles. The first-order chi connectivity index (χ1) is 40.1. The molecule has 4 heteroatoms. The van der Waals surface area contributed by atoms with E-state index in [2.05, 4.69) is 15.0 Å². The van der Waals surface area contributed by atoms with Gasteiger partial charge in [0.2, 0.25) is 0 Å². The van der Waals surface area contributed by atoms with Gasteiger partial charge in [-0.05, 0) is 93.9 Å². The molecule has 0 amide bonds. The van der Waals surface area contributed by atoms with Crippen molar-refractivity contribution in [2.45, 2.75) is 0 Å². The molecule has 0 bridgehead atoms. The van der Waals surface area contributed by atoms with Crippen molar-refractivity contribution in [3.8, 4) is 73.2 Å². The summed E-state index contributed by atoms with van der Waals surface area (Å²) in [5.41, 5.74) is -7.18. The Bertz CT molecular complexity index is 4550. The van der Waals surface area contributed by atoms with E-state index < -0.39 is 266 Å². The van der Waals surface area contributed by atoms with Crippen molar-refractivity contribution >= 4 is 21.8 Å². The number of para-hydroxylation sites is 1. The number of nitrogens with zero attached hydrogens (tertiary/aromatic N) is 4. The number of aromatic nitrogens is 4. The van der Waals surface area contributed by atoms with E-state index in [1.165, 1.54) is 0 Å². The largest absolute Gasteiger partial charge is 0.309 e. The van der Waals surface area contributed by atoms with Crippen LogP contribution < -0.4 is 0 Å². The summed E-state index contributed by atoms with van der Waals surface area (Å²) in [5.74, 6) is -2.34. The van der Waals surface area contributed by atoms with Crippen molar-refractivity contribution in [3.63, 3.8) is 0 Å². The Morgan fingerprint density at radius 3 is 1.27 bits per heavy atom. The molecule has 0 saturated heterocycles. The Labute approximate surface area is 363 Å². The maximum Gasteiger partial charge on any atom is 0.164 e. The molecule has 0 unspecified atom stereocenters. The van der Waals surface area contributed by atoms with Crippen LogP contribution in [-0.2, 0) is 0 Å². The molecule has 0 N–H and O–H groups in total. The Kier molecular flexibility index (Phi) is 3.39. The Morgan fingerprint density at radius 1 is 0.309 bits per heavy atom. The van der Waals surface area contributed by atoms with Crippen LogP contribution in [0.15, 0.2) is 206 Å². The minimum atomic E-state index is -1.10. The molecule has 10 aromatic rings. The molecule has 0 saturated carbocycles. The van der Waals surface area contributed by atoms with Crippen molar-refractivity contribution in [2.75, 3.05) is 0 Å². The van der Waals surface area contributed by atoms with E-state index in [4.69, 9.17) is 32.9 Å². The highest BCUT2D eigenvalue weighted by molar-refractivity contribution is 6.10. The first-order valence-electron chi connectivity index (χ1n) is 31.5. The van der Waals surface area contributed by atoms with Gasteiger partial charge in [0.25, 0.3) is 0 Å². The van der Waals surface area contributed by atoms with Crippen LogP contribution >= 0.6 is 0 Å². The highest BCUT2D eigenvalue weighted by Gasteiger charge is 2.17. The van der Waals surface area contributed by atoms with Crippen LogP contribution in [0.25, 0.3) is 95.0 Å². The lowest BCUT2D eigenvalue weighted by Crippen LogP contribution is -2.01. The molecular formula is C51H34N4. The minimum Gasteiger partial charge on any atom is -0.309 e. The van der Waals surface area contributed by atoms with Gasteiger partial charge in [-0.2, -0.15) is 0 Å². The summed E-state index contributed by atoms with van der Waals surface area (Å²) in [6.07, 6.45) is 0. The average Bonchev–Trinajstić information content (AvgIpc) is 1.59. The lowest BCUT2D eigenvalue weighted by molar-refractivity contribution is 1.07. The highest BCUT2D eigenvalue weighted by atomic mass is 15.0. The summed E-state index contributed by atoms with van der Waals surface area (Å²) in [7, 11) is 0. The third kappa shape index (κ3) is 6.16. The molecule has 2 aromatic heterocycles. The number of benzene rings is 8. The second-order valence-electron chi connectivity index (χ2n) is 11.4. The van der Waals surface area contributed by atoms with Gasteiger partial charge in [-0.15, -0.1) is 0 Å². The van der Waals surface area contributed by atoms with E-state index in [9.17, 15) is 9.60 Å². The second-order valence-corrected chi connectivity index (χ2v) is 11.4. The predicted molar refractivity (Wildman–Crippen MR) is 227 cm³/mol. The van der Waals surface area contributed by atoms with Gasteiger partial charge >= 0.3 is 0 Å². The van der Waals surface area contributed by atoms with Crippen LogP contribution in [0, 0.1) is 0 Å². The van der Waals surface area contributed by atoms with Gasteiger partial charge in [0.15, 0.2) is 17.5 Å². The van der Waals surface area contributed by atoms with E-state index >= 15 is 0 Å². The zero-order valence-corrected chi connectivity index (χ0v) is 27.5. The Hall–Kier alpha value is -7.43. The third-order valence-corrected chi connectivity index (χ3v) is 8.09. The topological polar surface area (TPSA) is 43.6 Å². The lowest BCUT2D eigenvalue weighted by atomic mass is 9.96. The van der Waals surface area contributed by atoms with Crippen molar-refractivity contribution in [1.82, 2.24) is 19.5 Å². The fourth-order valence-electron chi connectivity index (χ4n) is 5.69. The summed E-state index contributed by atoms with van der Waals surface area (Å²) in [4.78, 5) is 13.3. The van der Waals surface area contributed by atoms with E-state index in [0.717, 1.165) is 18.2 Å². The number of hydrogen-bond acceptors (Lipinski definition) is 3. The number of fused-ring (bicyclic) bond motifs is 3. The summed E-state index contributed by atoms with van der Waals surface area (Å²) < 4.78 is 274. The van der Waals surface area contributed by atoms with Gasteiger partial charge in [-0.25, -0.2) is 15.0 Å². The maximum atomic E-state index is 9.63. The van der Waals surface area contributed by atoms with E-state index in [-0.39, 0.29) is 16.7 Å². The van der Waals surface area contributed by atoms with Crippen LogP contribution in [0.5, 0.6) is 0 Å². The van der Waals surface area contributed by atoms with Crippen molar-refractivity contribution in [3.05, 3.63) is 206 Å². The zero-order chi connectivity index (χ0) is 63.5. The first-order valence-corrected chi connectivity index (χ1v) is 16.0. The highest BCUT2D eigenvalue weighted by Crippen LogP contribution is 2.36. The van der Waals surface area contributed by atoms with E-state index in [1.54, 1.807) is 0 Å². The molecule has 0 aliphatic rings. The molecule has 0 fully saturated rings. The molecule has 0 spiro atoms. The SMILES string of the molecule is [2H]c1c([2H])c([2H])c(-c2cc(-c3nc(-c4c([2H])c([2H])c([2H])c([2H])c4[2H])nc(-c4c([2H])c([2H])c(-n5c6c([2H])c([2H])c([2H])c([2H])c6c6c([2H])c(-c7c([2H])c([2H])c([2H])c([2H])c7[2H])c([2H])c([2H])c65)c([2H])c4[2H])n3)cc(-c3c([2H])c([2H])c([2H])c([2H])c3[2H])c2)c([2H])c1[2H]. The van der Waals surface area contributed by atoms with Crippen molar-refractivity contribution in [1.29, 1.82) is 0 Å². The van der Waals surface area contributed by atoms with Gasteiger partial charge < -0.3 is 4.57 Å². The van der Waals surface area contributed by atoms with Crippen LogP contribution in [0.4, 0.5) is 0 Å². The monoisotopic (exact) mass is 733 g/mol. The van der Waals surface area contributed by atoms with Crippen LogP contribution in [0.2, 0.25) is 0 Å². The zero-order valence-electron chi connectivity index (χ0n) is 58.5. The summed E-state index contributed by atoms with van der Waals surface area (Å²) in [6.45, 7) is 0. The molecule has 0 aliphatic heterocycles. The quantitative estimate of drug-likeness (QED) is 0.164. The van der Waals surface area contributed by atoms with Gasteiger partial charge in [-0.1, -0.05) is 145 Å². The van der Waals surface area contributed by atoms with Gasteiger partial charge in [-0.3, -0.25) is 0 Å². The molecule has 8 aromatic carbocycles. The minimum absolute atomic E-state index is 0.286. The fraction of sp³-hybridized carbons (Fsp3) is 0. The van der Waals surface area contributed by atoms with Crippen molar-refractivity contribution < 1.29 is 42.5 Å². The van der Waals surface area contributed by atoms with Crippen LogP contribution in [-0.4, -0.2) is 19.5 Å². The van der Waals surface area contributed by atoms with Gasteiger partial charge in [0.05, 0.1) is 53.5 Å². The third-order valence-electron chi connectivity index (χ3n) is 8.09. The van der Waals surface area contributed by atoms with E-state index in [0.29, 0.717) is 4.57 Å². The summed E-state index contributed by atoms with van der Waals surface area (Å²) in [5, 5.41) is -1.19. The van der Waals surface area contributed by atoms with Crippen molar-refractivity contribution in [2.24, 2.45) is 0 Å². The molecule has 0 atom stereocenters. The molecule has 258 valence electrons. The predicted octanol–water partition coefficient (Wildman–Crippen LogP) is 13.0. The molecule has 10 rings (SSSR count). The number of rotatable bonds is 7. The Morgan fingerprint density at radius 2 is 0.709 bits per heavy atom. The standard InChI is InChI=1S/C51H34N4/c1-5-15-35(16-6-1)40-27-30-48-46(34-40)45-23-13-14-24-47(45)55(48)44-28-25-39(26-29-44)50-52-49(38-21-11-4-12-22-38)53-51(54-50)43-32-41(36-17-7-2-8-18-36)31-42(33-43)37-19-9-3-10-20-37/h1-34H/i1D,2D,3D,4D,5D,6D,7D,8D,9D,10D,11D,12D,13D,14D,15D,16D,17D,18D,19D,20D,21D,22D,23D,24D,25D,26D,27D,28D,29D,30D,34D. The fourth-order valence-corrected chi connectivity index (χ4v) is 5.69. The first kappa shape index (κ1) is 13.5. The van der Waals surface area contributed by atoms with Crippen LogP contribution in [0.1, 0.15) is 42.5 Å². The molecule has 0 radical (unpaired) electrons. The van der Waals surface area contributed by atoms with Crippen LogP contribution in [0.3, 0.4) is 0 Å². The molecule has 55 heavy (non-hydrogen) atoms. The summed E-state index contributed by atoms with van der Waals surface area (Å²) in [6, 6.07) is -24.3. The maximum absolute atomic E-state index is 9.63. The van der Waals surface area contributed by atoms with E-state index in [1.807, 2.05) is 0 Å². The smallest absolute Gasteiger partial charge is 0.164 e. The van der Waals surface area contributed by atoms with Gasteiger partial charge in [0.1, 0.15) is 0 Å². The molecule has 2 heterocycles.